The van der Waals surface area contributed by atoms with E-state index in [1.807, 2.05) is 24.3 Å². The van der Waals surface area contributed by atoms with E-state index in [0.717, 1.165) is 5.56 Å². The molecule has 1 aliphatic heterocycles. The number of nitrogens with zero attached hydrogens (tertiary/aromatic N) is 1. The van der Waals surface area contributed by atoms with Crippen LogP contribution in [0, 0.1) is 17.7 Å². The van der Waals surface area contributed by atoms with Gasteiger partial charge in [-0.3, -0.25) is 4.79 Å². The Kier molecular flexibility index (Phi) is 8.29. The summed E-state index contributed by atoms with van der Waals surface area (Å²) in [5.41, 5.74) is 2.04. The van der Waals surface area contributed by atoms with Crippen molar-refractivity contribution < 1.29 is 23.7 Å². The van der Waals surface area contributed by atoms with Gasteiger partial charge < -0.3 is 19.3 Å². The van der Waals surface area contributed by atoms with E-state index in [1.165, 1.54) is 31.2 Å². The van der Waals surface area contributed by atoms with E-state index in [2.05, 4.69) is 6.58 Å². The van der Waals surface area contributed by atoms with Crippen LogP contribution >= 0.6 is 11.6 Å². The number of allylic oxidation sites excluding steroid dienone is 1. The fourth-order valence-corrected chi connectivity index (χ4v) is 4.42. The Labute approximate surface area is 193 Å². The van der Waals surface area contributed by atoms with E-state index in [4.69, 9.17) is 16.3 Å². The van der Waals surface area contributed by atoms with Crippen molar-refractivity contribution in [1.29, 1.82) is 0 Å². The molecule has 3 rings (SSSR count). The van der Waals surface area contributed by atoms with Crippen molar-refractivity contribution in [2.75, 3.05) is 6.61 Å². The van der Waals surface area contributed by atoms with Gasteiger partial charge in [-0.25, -0.2) is 4.39 Å². The molecule has 0 spiro atoms. The smallest absolute Gasteiger partial charge is 0.427 e. The first-order valence-corrected chi connectivity index (χ1v) is 10.8. The summed E-state index contributed by atoms with van der Waals surface area (Å²) in [6.45, 7) is 5.35. The van der Waals surface area contributed by atoms with Crippen LogP contribution in [0.3, 0.4) is 0 Å². The average Bonchev–Trinajstić information content (AvgIpc) is 3.00. The van der Waals surface area contributed by atoms with Gasteiger partial charge in [0.15, 0.2) is 0 Å². The molecular formula is C23H24B2ClFNO4. The van der Waals surface area contributed by atoms with Crippen molar-refractivity contribution in [2.24, 2.45) is 11.8 Å². The molecule has 1 amide bonds. The lowest BCUT2D eigenvalue weighted by atomic mass is 9.83. The molecule has 1 radical (unpaired) electrons. The lowest BCUT2D eigenvalue weighted by Gasteiger charge is -2.27. The molecule has 0 bridgehead atoms. The monoisotopic (exact) mass is 454 g/mol. The van der Waals surface area contributed by atoms with Crippen LogP contribution in [0.25, 0.3) is 11.1 Å². The largest absolute Gasteiger partial charge is 0.450 e. The Morgan fingerprint density at radius 2 is 2.03 bits per heavy atom. The van der Waals surface area contributed by atoms with E-state index >= 15 is 0 Å². The van der Waals surface area contributed by atoms with E-state index in [0.29, 0.717) is 35.2 Å². The molecule has 2 aromatic carbocycles. The van der Waals surface area contributed by atoms with Crippen LogP contribution < -0.4 is 0 Å². The Morgan fingerprint density at radius 3 is 2.66 bits per heavy atom. The van der Waals surface area contributed by atoms with Crippen LogP contribution in [0.2, 0.25) is 11.8 Å². The highest BCUT2D eigenvalue weighted by atomic mass is 35.5. The lowest BCUT2D eigenvalue weighted by molar-refractivity contribution is -0.128. The minimum Gasteiger partial charge on any atom is -0.427 e. The van der Waals surface area contributed by atoms with Gasteiger partial charge in [-0.15, -0.1) is 6.58 Å². The summed E-state index contributed by atoms with van der Waals surface area (Å²) in [4.78, 5) is 25.7. The normalized spacial score (nSPS) is 20.3. The predicted octanol–water partition coefficient (Wildman–Crippen LogP) is 3.64. The zero-order valence-corrected chi connectivity index (χ0v) is 18.5. The van der Waals surface area contributed by atoms with Gasteiger partial charge in [0, 0.05) is 23.2 Å². The summed E-state index contributed by atoms with van der Waals surface area (Å²) in [7, 11) is 0.260. The van der Waals surface area contributed by atoms with E-state index in [1.54, 1.807) is 12.1 Å². The Bertz CT molecular complexity index is 973. The molecule has 3 atom stereocenters. The average molecular weight is 455 g/mol. The lowest BCUT2D eigenvalue weighted by Crippen LogP contribution is -2.40. The minimum atomic E-state index is -0.992. The molecule has 2 unspecified atom stereocenters. The van der Waals surface area contributed by atoms with Crippen LogP contribution in [0.4, 0.5) is 4.39 Å². The first-order valence-electron chi connectivity index (χ1n) is 10.4. The molecule has 2 aromatic rings. The number of hydrogen-bond acceptors (Lipinski definition) is 4. The number of benzene rings is 2. The van der Waals surface area contributed by atoms with Crippen LogP contribution in [-0.4, -0.2) is 49.1 Å². The van der Waals surface area contributed by atoms with Crippen molar-refractivity contribution in [3.8, 4) is 11.1 Å². The van der Waals surface area contributed by atoms with Crippen LogP contribution in [-0.2, 0) is 20.7 Å². The van der Waals surface area contributed by atoms with Gasteiger partial charge in [-0.05, 0) is 54.9 Å². The zero-order chi connectivity index (χ0) is 23.3. The molecule has 0 aliphatic carbocycles. The van der Waals surface area contributed by atoms with Crippen LogP contribution in [0.15, 0.2) is 55.1 Å². The molecule has 1 fully saturated rings. The fourth-order valence-electron chi connectivity index (χ4n) is 4.24. The summed E-state index contributed by atoms with van der Waals surface area (Å²) >= 11 is 6.01. The molecule has 1 N–H and O–H groups in total. The summed E-state index contributed by atoms with van der Waals surface area (Å²) in [5.74, 6) is -1.21. The number of hydrogen-bond donors (Lipinski definition) is 1. The van der Waals surface area contributed by atoms with Crippen LogP contribution in [0.1, 0.15) is 12.0 Å². The second kappa shape index (κ2) is 10.9. The van der Waals surface area contributed by atoms with Gasteiger partial charge in [0.2, 0.25) is 5.91 Å². The summed E-state index contributed by atoms with van der Waals surface area (Å²) in [6.07, 6.45) is 3.39. The molecule has 165 valence electrons. The predicted molar refractivity (Wildman–Crippen MR) is 125 cm³/mol. The topological polar surface area (TPSA) is 66.8 Å². The van der Waals surface area contributed by atoms with Crippen molar-refractivity contribution in [1.82, 2.24) is 4.81 Å². The highest BCUT2D eigenvalue weighted by Gasteiger charge is 2.46. The van der Waals surface area contributed by atoms with E-state index in [-0.39, 0.29) is 30.3 Å². The number of carbonyl (C=O) groups is 2. The van der Waals surface area contributed by atoms with Gasteiger partial charge in [-0.2, -0.15) is 0 Å². The highest BCUT2D eigenvalue weighted by Crippen LogP contribution is 2.36. The molecule has 1 saturated heterocycles. The Balaban J connectivity index is 1.85. The summed E-state index contributed by atoms with van der Waals surface area (Å²) < 4.78 is 19.5. The van der Waals surface area contributed by atoms with E-state index < -0.39 is 13.0 Å². The van der Waals surface area contributed by atoms with Crippen molar-refractivity contribution in [3.05, 3.63) is 71.5 Å². The fraction of sp³-hybridized carbons (Fsp3) is 0.304. The quantitative estimate of drug-likeness (QED) is 0.338. The number of amides is 1. The SMILES string of the molecule is C=CCC1C(COB(C)O)C(=O)N([B]C=O)[C@@H]1Cc1ccc(-c2cc(Cl)ccc2F)cc1. The molecule has 32 heavy (non-hydrogen) atoms. The van der Waals surface area contributed by atoms with Crippen LogP contribution in [0.5, 0.6) is 0 Å². The maximum absolute atomic E-state index is 14.2. The van der Waals surface area contributed by atoms with Gasteiger partial charge >= 0.3 is 14.5 Å². The zero-order valence-electron chi connectivity index (χ0n) is 17.8. The second-order valence-electron chi connectivity index (χ2n) is 7.85. The number of carbonyl (C=O) groups excluding carboxylic acids is 2. The molecule has 1 aliphatic rings. The third kappa shape index (κ3) is 5.49. The summed E-state index contributed by atoms with van der Waals surface area (Å²) in [6, 6.07) is 11.5. The number of rotatable bonds is 10. The molecule has 5 nitrogen and oxygen atoms in total. The molecule has 0 saturated carbocycles. The van der Waals surface area contributed by atoms with E-state index in [9.17, 15) is 19.0 Å². The van der Waals surface area contributed by atoms with Crippen molar-refractivity contribution in [3.63, 3.8) is 0 Å². The standard InChI is InChI=1S/C23H24B2ClFNO4/c1-3-4-18-20(13-32-25(2)31)23(30)28(24-14-29)22(18)11-15-5-7-16(8-6-15)19-12-17(26)9-10-21(19)27/h3,5-10,12,14,18,20,22,31H,1,4,11,13H2,2H3/t18?,20?,22-/m1/s1. The van der Waals surface area contributed by atoms with Crippen molar-refractivity contribution in [2.45, 2.75) is 25.7 Å². The molecule has 9 heteroatoms. The van der Waals surface area contributed by atoms with Gasteiger partial charge in [0.1, 0.15) is 12.0 Å². The Morgan fingerprint density at radius 1 is 1.31 bits per heavy atom. The molecule has 0 aromatic heterocycles. The highest BCUT2D eigenvalue weighted by molar-refractivity contribution is 6.66. The minimum absolute atomic E-state index is 0.0572. The molecule has 1 heterocycles. The maximum atomic E-state index is 14.2. The first-order chi connectivity index (χ1) is 15.3. The van der Waals surface area contributed by atoms with Gasteiger partial charge in [-0.1, -0.05) is 41.9 Å². The third-order valence-corrected chi connectivity index (χ3v) is 5.99. The Hall–Kier alpha value is -2.41. The first kappa shape index (κ1) is 24.2. The second-order valence-corrected chi connectivity index (χ2v) is 8.29. The van der Waals surface area contributed by atoms with Crippen molar-refractivity contribution >= 4 is 38.2 Å². The maximum Gasteiger partial charge on any atom is 0.450 e. The number of halogens is 2. The van der Waals surface area contributed by atoms with Gasteiger partial charge in [0.25, 0.3) is 0 Å². The summed E-state index contributed by atoms with van der Waals surface area (Å²) in [5, 5.41) is 9.93. The van der Waals surface area contributed by atoms with Gasteiger partial charge in [0.05, 0.1) is 5.92 Å². The molecular weight excluding hydrogens is 430 g/mol. The third-order valence-electron chi connectivity index (χ3n) is 5.76.